The van der Waals surface area contributed by atoms with E-state index >= 15 is 0 Å². The third-order valence-corrected chi connectivity index (χ3v) is 6.43. The van der Waals surface area contributed by atoms with E-state index in [2.05, 4.69) is 43.6 Å². The summed E-state index contributed by atoms with van der Waals surface area (Å²) in [6.45, 7) is 4.45. The van der Waals surface area contributed by atoms with Crippen molar-refractivity contribution in [1.82, 2.24) is 20.2 Å². The molecule has 0 radical (unpaired) electrons. The summed E-state index contributed by atoms with van der Waals surface area (Å²) in [5.74, 6) is 0.958. The predicted molar refractivity (Wildman–Crippen MR) is 115 cm³/mol. The van der Waals surface area contributed by atoms with Gasteiger partial charge in [0.2, 0.25) is 5.91 Å². The Morgan fingerprint density at radius 1 is 1.21 bits per heavy atom. The average molecular weight is 414 g/mol. The quantitative estimate of drug-likeness (QED) is 0.673. The Labute approximate surface area is 172 Å². The van der Waals surface area contributed by atoms with Crippen LogP contribution < -0.4 is 10.2 Å². The van der Waals surface area contributed by atoms with Crippen LogP contribution >= 0.6 is 22.7 Å². The van der Waals surface area contributed by atoms with Gasteiger partial charge in [-0.05, 0) is 24.6 Å². The topological polar surface area (TPSA) is 61.4 Å². The molecule has 1 amide bonds. The van der Waals surface area contributed by atoms with Crippen LogP contribution in [0.3, 0.4) is 0 Å². The average Bonchev–Trinajstić information content (AvgIpc) is 3.39. The van der Waals surface area contributed by atoms with Crippen molar-refractivity contribution in [2.24, 2.45) is 0 Å². The standard InChI is InChI=1S/C20H23N5OS2/c1-24-6-8-25(9-7-24)19-15(3-2-5-21-19)12-22-18(26)11-17-14-28-20(23-17)16-4-10-27-13-16/h2-5,10,13-14H,6-9,11-12H2,1H3,(H,22,26). The molecule has 146 valence electrons. The van der Waals surface area contributed by atoms with Crippen LogP contribution in [-0.4, -0.2) is 54.0 Å². The van der Waals surface area contributed by atoms with Crippen molar-refractivity contribution in [3.05, 3.63) is 51.8 Å². The van der Waals surface area contributed by atoms with Gasteiger partial charge in [-0.3, -0.25) is 4.79 Å². The first-order chi connectivity index (χ1) is 13.7. The van der Waals surface area contributed by atoms with E-state index in [0.717, 1.165) is 53.8 Å². The number of hydrogen-bond donors (Lipinski definition) is 1. The van der Waals surface area contributed by atoms with Gasteiger partial charge >= 0.3 is 0 Å². The summed E-state index contributed by atoms with van der Waals surface area (Å²) < 4.78 is 0. The number of thiazole rings is 1. The third kappa shape index (κ3) is 4.57. The number of anilines is 1. The lowest BCUT2D eigenvalue weighted by atomic mass is 10.2. The fourth-order valence-corrected chi connectivity index (χ4v) is 4.73. The number of likely N-dealkylation sites (N-methyl/N-ethyl adjacent to an activating group) is 1. The molecule has 4 rings (SSSR count). The van der Waals surface area contributed by atoms with E-state index in [1.165, 1.54) is 0 Å². The Bertz CT molecular complexity index is 916. The summed E-state index contributed by atoms with van der Waals surface area (Å²) in [5.41, 5.74) is 2.99. The monoisotopic (exact) mass is 413 g/mol. The first-order valence-electron chi connectivity index (χ1n) is 9.30. The summed E-state index contributed by atoms with van der Waals surface area (Å²) >= 11 is 3.23. The highest BCUT2D eigenvalue weighted by atomic mass is 32.1. The zero-order valence-corrected chi connectivity index (χ0v) is 17.4. The van der Waals surface area contributed by atoms with Gasteiger partial charge in [-0.1, -0.05) is 6.07 Å². The smallest absolute Gasteiger partial charge is 0.226 e. The SMILES string of the molecule is CN1CCN(c2ncccc2CNC(=O)Cc2csc(-c3ccsc3)n2)CC1. The largest absolute Gasteiger partial charge is 0.354 e. The van der Waals surface area contributed by atoms with Gasteiger partial charge in [-0.2, -0.15) is 11.3 Å². The predicted octanol–water partition coefficient (Wildman–Crippen LogP) is 2.88. The number of carbonyl (C=O) groups is 1. The van der Waals surface area contributed by atoms with E-state index in [1.54, 1.807) is 22.7 Å². The molecule has 0 bridgehead atoms. The van der Waals surface area contributed by atoms with Gasteiger partial charge in [0, 0.05) is 60.8 Å². The number of nitrogens with one attached hydrogen (secondary N) is 1. The van der Waals surface area contributed by atoms with Crippen molar-refractivity contribution in [3.8, 4) is 10.6 Å². The molecule has 1 aliphatic rings. The highest BCUT2D eigenvalue weighted by molar-refractivity contribution is 7.14. The van der Waals surface area contributed by atoms with E-state index < -0.39 is 0 Å². The van der Waals surface area contributed by atoms with Crippen LogP contribution in [0.5, 0.6) is 0 Å². The highest BCUT2D eigenvalue weighted by Crippen LogP contribution is 2.26. The zero-order valence-electron chi connectivity index (χ0n) is 15.8. The van der Waals surface area contributed by atoms with E-state index in [4.69, 9.17) is 0 Å². The number of carbonyl (C=O) groups excluding carboxylic acids is 1. The fraction of sp³-hybridized carbons (Fsp3) is 0.350. The summed E-state index contributed by atoms with van der Waals surface area (Å²) in [4.78, 5) is 26.2. The van der Waals surface area contributed by atoms with Gasteiger partial charge in [0.05, 0.1) is 12.1 Å². The molecule has 1 aliphatic heterocycles. The molecule has 6 nitrogen and oxygen atoms in total. The second kappa shape index (κ2) is 8.81. The first-order valence-corrected chi connectivity index (χ1v) is 11.1. The number of amides is 1. The van der Waals surface area contributed by atoms with Crippen LogP contribution in [0.4, 0.5) is 5.82 Å². The molecule has 4 heterocycles. The molecule has 0 atom stereocenters. The Kier molecular flexibility index (Phi) is 5.99. The summed E-state index contributed by atoms with van der Waals surface area (Å²) in [5, 5.41) is 10.1. The van der Waals surface area contributed by atoms with Crippen LogP contribution in [0.2, 0.25) is 0 Å². The van der Waals surface area contributed by atoms with Crippen molar-refractivity contribution in [2.45, 2.75) is 13.0 Å². The summed E-state index contributed by atoms with van der Waals surface area (Å²) in [6, 6.07) is 6.02. The molecule has 3 aromatic heterocycles. The number of nitrogens with zero attached hydrogens (tertiary/aromatic N) is 4. The van der Waals surface area contributed by atoms with Gasteiger partial charge in [-0.15, -0.1) is 11.3 Å². The molecule has 0 aromatic carbocycles. The van der Waals surface area contributed by atoms with Crippen molar-refractivity contribution in [2.75, 3.05) is 38.1 Å². The molecule has 28 heavy (non-hydrogen) atoms. The molecule has 1 N–H and O–H groups in total. The van der Waals surface area contributed by atoms with Crippen LogP contribution in [0, 0.1) is 0 Å². The second-order valence-electron chi connectivity index (χ2n) is 6.89. The third-order valence-electron chi connectivity index (χ3n) is 4.81. The maximum absolute atomic E-state index is 12.4. The van der Waals surface area contributed by atoms with E-state index in [9.17, 15) is 4.79 Å². The lowest BCUT2D eigenvalue weighted by Gasteiger charge is -2.34. The molecular formula is C20H23N5OS2. The molecule has 1 saturated heterocycles. The number of rotatable bonds is 6. The van der Waals surface area contributed by atoms with Crippen LogP contribution in [0.15, 0.2) is 40.5 Å². The lowest BCUT2D eigenvalue weighted by molar-refractivity contribution is -0.120. The van der Waals surface area contributed by atoms with Crippen LogP contribution in [-0.2, 0) is 17.8 Å². The fourth-order valence-electron chi connectivity index (χ4n) is 3.20. The van der Waals surface area contributed by atoms with Crippen molar-refractivity contribution >= 4 is 34.4 Å². The van der Waals surface area contributed by atoms with Gasteiger partial charge < -0.3 is 15.1 Å². The van der Waals surface area contributed by atoms with E-state index in [0.29, 0.717) is 13.0 Å². The normalized spacial score (nSPS) is 15.0. The van der Waals surface area contributed by atoms with Gasteiger partial charge in [0.1, 0.15) is 10.8 Å². The number of hydrogen-bond acceptors (Lipinski definition) is 7. The summed E-state index contributed by atoms with van der Waals surface area (Å²) in [7, 11) is 2.14. The molecule has 3 aromatic rings. The first kappa shape index (κ1) is 19.0. The minimum absolute atomic E-state index is 0.0182. The number of piperazine rings is 1. The van der Waals surface area contributed by atoms with Crippen LogP contribution in [0.1, 0.15) is 11.3 Å². The minimum Gasteiger partial charge on any atom is -0.354 e. The maximum atomic E-state index is 12.4. The van der Waals surface area contributed by atoms with Crippen molar-refractivity contribution in [3.63, 3.8) is 0 Å². The van der Waals surface area contributed by atoms with Crippen molar-refractivity contribution in [1.29, 1.82) is 0 Å². The Hall–Kier alpha value is -2.29. The maximum Gasteiger partial charge on any atom is 0.226 e. The van der Waals surface area contributed by atoms with Crippen molar-refractivity contribution < 1.29 is 4.79 Å². The van der Waals surface area contributed by atoms with Gasteiger partial charge in [-0.25, -0.2) is 9.97 Å². The van der Waals surface area contributed by atoms with E-state index in [1.807, 2.05) is 29.1 Å². The Morgan fingerprint density at radius 3 is 2.86 bits per heavy atom. The van der Waals surface area contributed by atoms with Gasteiger partial charge in [0.15, 0.2) is 0 Å². The molecule has 8 heteroatoms. The molecule has 0 spiro atoms. The molecule has 0 saturated carbocycles. The second-order valence-corrected chi connectivity index (χ2v) is 8.52. The Balaban J connectivity index is 1.35. The van der Waals surface area contributed by atoms with Crippen LogP contribution in [0.25, 0.3) is 10.6 Å². The molecule has 0 aliphatic carbocycles. The number of thiophene rings is 1. The number of pyridine rings is 1. The molecule has 0 unspecified atom stereocenters. The molecule has 1 fully saturated rings. The summed E-state index contributed by atoms with van der Waals surface area (Å²) in [6.07, 6.45) is 2.12. The highest BCUT2D eigenvalue weighted by Gasteiger charge is 2.18. The lowest BCUT2D eigenvalue weighted by Crippen LogP contribution is -2.45. The molecular weight excluding hydrogens is 390 g/mol. The van der Waals surface area contributed by atoms with Gasteiger partial charge in [0.25, 0.3) is 0 Å². The Morgan fingerprint density at radius 2 is 2.07 bits per heavy atom. The number of aromatic nitrogens is 2. The minimum atomic E-state index is -0.0182. The zero-order chi connectivity index (χ0) is 19.3. The van der Waals surface area contributed by atoms with E-state index in [-0.39, 0.29) is 5.91 Å².